The van der Waals surface area contributed by atoms with E-state index in [1.54, 1.807) is 37.4 Å². The quantitative estimate of drug-likeness (QED) is 0.623. The molecule has 0 aliphatic rings. The Morgan fingerprint density at radius 1 is 1.12 bits per heavy atom. The molecule has 0 bridgehead atoms. The first-order chi connectivity index (χ1) is 12.1. The highest BCUT2D eigenvalue weighted by Crippen LogP contribution is 2.29. The largest absolute Gasteiger partial charge is 0.497 e. The van der Waals surface area contributed by atoms with Crippen LogP contribution in [0.5, 0.6) is 11.5 Å². The predicted molar refractivity (Wildman–Crippen MR) is 96.7 cm³/mol. The molecule has 0 unspecified atom stereocenters. The number of ether oxygens (including phenoxy) is 2. The van der Waals surface area contributed by atoms with Gasteiger partial charge >= 0.3 is 0 Å². The number of hydrogen-bond acceptors (Lipinski definition) is 5. The number of carbonyl (C=O) groups excluding carboxylic acids is 1. The summed E-state index contributed by atoms with van der Waals surface area (Å²) in [6.45, 7) is 1.96. The Bertz CT molecular complexity index is 821. The van der Waals surface area contributed by atoms with Gasteiger partial charge in [0.05, 0.1) is 19.9 Å². The molecule has 0 heterocycles. The number of rotatable bonds is 6. The minimum Gasteiger partial charge on any atom is -0.497 e. The van der Waals surface area contributed by atoms with Gasteiger partial charge in [0, 0.05) is 18.0 Å². The number of amides is 1. The summed E-state index contributed by atoms with van der Waals surface area (Å²) >= 11 is 0. The van der Waals surface area contributed by atoms with E-state index in [0.29, 0.717) is 22.9 Å². The van der Waals surface area contributed by atoms with Crippen LogP contribution in [-0.2, 0) is 4.79 Å². The molecule has 0 aliphatic carbocycles. The number of benzene rings is 2. The number of carbonyl (C=O) groups is 1. The van der Waals surface area contributed by atoms with Gasteiger partial charge in [0.2, 0.25) is 0 Å². The molecule has 0 saturated heterocycles. The molecule has 2 aromatic rings. The third-order valence-electron chi connectivity index (χ3n) is 3.46. The van der Waals surface area contributed by atoms with E-state index in [1.165, 1.54) is 13.3 Å². The zero-order chi connectivity index (χ0) is 18.2. The maximum absolute atomic E-state index is 12.2. The van der Waals surface area contributed by atoms with Crippen LogP contribution in [0, 0.1) is 18.3 Å². The maximum Gasteiger partial charge on any atom is 0.267 e. The second-order valence-electron chi connectivity index (χ2n) is 5.20. The van der Waals surface area contributed by atoms with Crippen LogP contribution in [0.1, 0.15) is 5.56 Å². The lowest BCUT2D eigenvalue weighted by Gasteiger charge is -2.10. The Morgan fingerprint density at radius 3 is 2.44 bits per heavy atom. The molecular formula is C19H19N3O3. The highest BCUT2D eigenvalue weighted by molar-refractivity contribution is 6.06. The smallest absolute Gasteiger partial charge is 0.267 e. The van der Waals surface area contributed by atoms with Crippen molar-refractivity contribution in [3.8, 4) is 17.6 Å². The first kappa shape index (κ1) is 17.9. The predicted octanol–water partition coefficient (Wildman–Crippen LogP) is 3.47. The van der Waals surface area contributed by atoms with Crippen LogP contribution in [0.3, 0.4) is 0 Å². The highest BCUT2D eigenvalue weighted by Gasteiger charge is 2.10. The van der Waals surface area contributed by atoms with Gasteiger partial charge in [0.25, 0.3) is 5.91 Å². The molecule has 0 atom stereocenters. The SMILES string of the molecule is COc1ccc(N/C=C(/C#N)C(=O)Nc2ccc(C)cc2)c(OC)c1. The molecule has 0 saturated carbocycles. The summed E-state index contributed by atoms with van der Waals surface area (Å²) in [6.07, 6.45) is 1.34. The van der Waals surface area contributed by atoms with Crippen molar-refractivity contribution in [1.29, 1.82) is 5.26 Å². The van der Waals surface area contributed by atoms with Crippen LogP contribution in [0.15, 0.2) is 54.2 Å². The number of nitriles is 1. The fourth-order valence-corrected chi connectivity index (χ4v) is 2.05. The van der Waals surface area contributed by atoms with E-state index in [1.807, 2.05) is 25.1 Å². The van der Waals surface area contributed by atoms with Gasteiger partial charge < -0.3 is 20.1 Å². The zero-order valence-electron chi connectivity index (χ0n) is 14.3. The highest BCUT2D eigenvalue weighted by atomic mass is 16.5. The van der Waals surface area contributed by atoms with Gasteiger partial charge in [0.1, 0.15) is 23.1 Å². The molecule has 6 heteroatoms. The zero-order valence-corrected chi connectivity index (χ0v) is 14.3. The van der Waals surface area contributed by atoms with Gasteiger partial charge in [-0.15, -0.1) is 0 Å². The monoisotopic (exact) mass is 337 g/mol. The Labute approximate surface area is 146 Å². The fourth-order valence-electron chi connectivity index (χ4n) is 2.05. The average Bonchev–Trinajstić information content (AvgIpc) is 2.64. The summed E-state index contributed by atoms with van der Waals surface area (Å²) in [5.41, 5.74) is 2.26. The van der Waals surface area contributed by atoms with Gasteiger partial charge in [0.15, 0.2) is 0 Å². The number of anilines is 2. The van der Waals surface area contributed by atoms with Gasteiger partial charge in [-0.3, -0.25) is 4.79 Å². The van der Waals surface area contributed by atoms with Gasteiger partial charge in [-0.05, 0) is 31.2 Å². The van der Waals surface area contributed by atoms with Crippen molar-refractivity contribution in [2.75, 3.05) is 24.9 Å². The van der Waals surface area contributed by atoms with E-state index >= 15 is 0 Å². The number of nitrogens with zero attached hydrogens (tertiary/aromatic N) is 1. The molecule has 2 aromatic carbocycles. The van der Waals surface area contributed by atoms with E-state index in [4.69, 9.17) is 9.47 Å². The van der Waals surface area contributed by atoms with E-state index in [2.05, 4.69) is 10.6 Å². The van der Waals surface area contributed by atoms with Crippen molar-refractivity contribution in [2.24, 2.45) is 0 Å². The standard InChI is InChI=1S/C19H19N3O3/c1-13-4-6-15(7-5-13)22-19(23)14(11-20)12-21-17-9-8-16(24-2)10-18(17)25-3/h4-10,12,21H,1-3H3,(H,22,23)/b14-12-. The summed E-state index contributed by atoms with van der Waals surface area (Å²) < 4.78 is 10.4. The van der Waals surface area contributed by atoms with E-state index in [-0.39, 0.29) is 5.57 Å². The second-order valence-corrected chi connectivity index (χ2v) is 5.20. The van der Waals surface area contributed by atoms with Crippen molar-refractivity contribution < 1.29 is 14.3 Å². The first-order valence-electron chi connectivity index (χ1n) is 7.54. The molecule has 6 nitrogen and oxygen atoms in total. The first-order valence-corrected chi connectivity index (χ1v) is 7.54. The van der Waals surface area contributed by atoms with Crippen molar-refractivity contribution in [1.82, 2.24) is 0 Å². The lowest BCUT2D eigenvalue weighted by molar-refractivity contribution is -0.112. The third kappa shape index (κ3) is 4.75. The molecular weight excluding hydrogens is 318 g/mol. The summed E-state index contributed by atoms with van der Waals surface area (Å²) in [5.74, 6) is 0.683. The summed E-state index contributed by atoms with van der Waals surface area (Å²) in [6, 6.07) is 14.4. The minimum absolute atomic E-state index is 0.0570. The molecule has 2 rings (SSSR count). The second kappa shape index (κ2) is 8.41. The molecule has 2 N–H and O–H groups in total. The van der Waals surface area contributed by atoms with E-state index in [0.717, 1.165) is 5.56 Å². The lowest BCUT2D eigenvalue weighted by atomic mass is 10.2. The average molecular weight is 337 g/mol. The Morgan fingerprint density at radius 2 is 1.84 bits per heavy atom. The fraction of sp³-hybridized carbons (Fsp3) is 0.158. The summed E-state index contributed by atoms with van der Waals surface area (Å²) in [5, 5.41) is 14.8. The molecule has 0 radical (unpaired) electrons. The number of aryl methyl sites for hydroxylation is 1. The molecule has 0 spiro atoms. The number of hydrogen-bond donors (Lipinski definition) is 2. The van der Waals surface area contributed by atoms with Crippen LogP contribution in [0.25, 0.3) is 0 Å². The molecule has 0 fully saturated rings. The van der Waals surface area contributed by atoms with Crippen LogP contribution in [0.2, 0.25) is 0 Å². The Hall–Kier alpha value is -3.46. The molecule has 128 valence electrons. The Balaban J connectivity index is 2.13. The maximum atomic E-state index is 12.2. The van der Waals surface area contributed by atoms with Crippen LogP contribution < -0.4 is 20.1 Å². The summed E-state index contributed by atoms with van der Waals surface area (Å²) in [7, 11) is 3.09. The van der Waals surface area contributed by atoms with E-state index in [9.17, 15) is 10.1 Å². The topological polar surface area (TPSA) is 83.4 Å². The van der Waals surface area contributed by atoms with Gasteiger partial charge in [-0.2, -0.15) is 5.26 Å². The molecule has 0 aromatic heterocycles. The molecule has 0 aliphatic heterocycles. The van der Waals surface area contributed by atoms with Crippen LogP contribution >= 0.6 is 0 Å². The van der Waals surface area contributed by atoms with Gasteiger partial charge in [-0.25, -0.2) is 0 Å². The van der Waals surface area contributed by atoms with Crippen LogP contribution in [-0.4, -0.2) is 20.1 Å². The molecule has 25 heavy (non-hydrogen) atoms. The Kier molecular flexibility index (Phi) is 6.02. The number of nitrogens with one attached hydrogen (secondary N) is 2. The molecule has 1 amide bonds. The third-order valence-corrected chi connectivity index (χ3v) is 3.46. The van der Waals surface area contributed by atoms with Crippen LogP contribution in [0.4, 0.5) is 11.4 Å². The van der Waals surface area contributed by atoms with E-state index < -0.39 is 5.91 Å². The normalized spacial score (nSPS) is 10.6. The minimum atomic E-state index is -0.494. The number of methoxy groups -OCH3 is 2. The summed E-state index contributed by atoms with van der Waals surface area (Å²) in [4.78, 5) is 12.2. The van der Waals surface area contributed by atoms with Crippen molar-refractivity contribution in [2.45, 2.75) is 6.92 Å². The lowest BCUT2D eigenvalue weighted by Crippen LogP contribution is -2.14. The van der Waals surface area contributed by atoms with Crippen molar-refractivity contribution in [3.05, 3.63) is 59.8 Å². The van der Waals surface area contributed by atoms with Gasteiger partial charge in [-0.1, -0.05) is 17.7 Å². The van der Waals surface area contributed by atoms with Crippen molar-refractivity contribution in [3.63, 3.8) is 0 Å². The van der Waals surface area contributed by atoms with Crippen molar-refractivity contribution >= 4 is 17.3 Å².